The fourth-order valence-electron chi connectivity index (χ4n) is 0.231. The van der Waals surface area contributed by atoms with E-state index in [1.165, 1.54) is 11.0 Å². The summed E-state index contributed by atoms with van der Waals surface area (Å²) in [5.41, 5.74) is 0. The second-order valence-electron chi connectivity index (χ2n) is 1.52. The summed E-state index contributed by atoms with van der Waals surface area (Å²) < 4.78 is 14.5. The zero-order valence-corrected chi connectivity index (χ0v) is 5.09. The third-order valence-electron chi connectivity index (χ3n) is 0.508. The molecule has 0 rings (SSSR count). The SMILES string of the molecule is [2H]C([2H])(C=CC=O)N(C)C. The number of rotatable bonds is 3. The van der Waals surface area contributed by atoms with E-state index in [1.54, 1.807) is 14.1 Å². The topological polar surface area (TPSA) is 20.3 Å². The van der Waals surface area contributed by atoms with Crippen molar-refractivity contribution >= 4 is 6.29 Å². The number of aldehydes is 1. The van der Waals surface area contributed by atoms with E-state index in [0.717, 1.165) is 6.08 Å². The Morgan fingerprint density at radius 3 is 2.75 bits per heavy atom. The van der Waals surface area contributed by atoms with Crippen LogP contribution in [0.4, 0.5) is 0 Å². The van der Waals surface area contributed by atoms with Crippen molar-refractivity contribution in [2.24, 2.45) is 0 Å². The summed E-state index contributed by atoms with van der Waals surface area (Å²) in [6.45, 7) is -1.53. The average Bonchev–Trinajstić information content (AvgIpc) is 1.84. The highest BCUT2D eigenvalue weighted by atomic mass is 16.1. The van der Waals surface area contributed by atoms with E-state index >= 15 is 0 Å². The Kier molecular flexibility index (Phi) is 2.42. The fourth-order valence-corrected chi connectivity index (χ4v) is 0.231. The standard InChI is InChI=1S/C6H11NO/c1-7(2)5-3-4-6-8/h3-4,6H,5H2,1-2H3/i5D2. The molecular formula is C6H11NO. The molecule has 0 aromatic rings. The molecule has 0 N–H and O–H groups in total. The molecule has 0 aliphatic carbocycles. The first-order valence-electron chi connectivity index (χ1n) is 3.31. The Bertz CT molecular complexity index is 143. The summed E-state index contributed by atoms with van der Waals surface area (Å²) in [6.07, 6.45) is 2.92. The van der Waals surface area contributed by atoms with Crippen molar-refractivity contribution in [1.29, 1.82) is 0 Å². The van der Waals surface area contributed by atoms with Gasteiger partial charge >= 0.3 is 0 Å². The highest BCUT2D eigenvalue weighted by Gasteiger charge is 1.78. The van der Waals surface area contributed by atoms with Crippen molar-refractivity contribution in [2.75, 3.05) is 20.6 Å². The zero-order chi connectivity index (χ0) is 8.20. The highest BCUT2D eigenvalue weighted by Crippen LogP contribution is 1.73. The van der Waals surface area contributed by atoms with Crippen LogP contribution in [0.15, 0.2) is 12.2 Å². The Hall–Kier alpha value is -0.630. The summed E-state index contributed by atoms with van der Waals surface area (Å²) in [4.78, 5) is 11.2. The molecule has 46 valence electrons. The van der Waals surface area contributed by atoms with Gasteiger partial charge in [0, 0.05) is 9.24 Å². The summed E-state index contributed by atoms with van der Waals surface area (Å²) in [7, 11) is 3.21. The predicted octanol–water partition coefficient (Wildman–Crippen LogP) is 0.303. The van der Waals surface area contributed by atoms with E-state index in [-0.39, 0.29) is 0 Å². The monoisotopic (exact) mass is 115 g/mol. The van der Waals surface area contributed by atoms with Gasteiger partial charge in [0.15, 0.2) is 0 Å². The van der Waals surface area contributed by atoms with Gasteiger partial charge in [0.05, 0.1) is 0 Å². The Morgan fingerprint density at radius 1 is 1.75 bits per heavy atom. The molecule has 0 amide bonds. The van der Waals surface area contributed by atoms with Gasteiger partial charge in [0.25, 0.3) is 0 Å². The molecule has 0 unspecified atom stereocenters. The van der Waals surface area contributed by atoms with E-state index in [4.69, 9.17) is 2.74 Å². The largest absolute Gasteiger partial charge is 0.306 e. The van der Waals surface area contributed by atoms with Crippen molar-refractivity contribution < 1.29 is 7.54 Å². The molecule has 0 aromatic heterocycles. The molecule has 0 aliphatic rings. The van der Waals surface area contributed by atoms with Gasteiger partial charge in [-0.1, -0.05) is 6.08 Å². The van der Waals surface area contributed by atoms with E-state index in [0.29, 0.717) is 6.29 Å². The molecule has 0 spiro atoms. The van der Waals surface area contributed by atoms with Crippen LogP contribution in [-0.2, 0) is 4.79 Å². The van der Waals surface area contributed by atoms with Crippen LogP contribution in [0.5, 0.6) is 0 Å². The number of hydrogen-bond donors (Lipinski definition) is 0. The van der Waals surface area contributed by atoms with Crippen LogP contribution in [0.2, 0.25) is 0 Å². The molecule has 0 heterocycles. The van der Waals surface area contributed by atoms with Gasteiger partial charge in [-0.2, -0.15) is 0 Å². The Balaban J connectivity index is 4.11. The minimum absolute atomic E-state index is 0.557. The molecule has 8 heavy (non-hydrogen) atoms. The summed E-state index contributed by atoms with van der Waals surface area (Å²) in [5, 5.41) is 0. The van der Waals surface area contributed by atoms with Gasteiger partial charge in [-0.3, -0.25) is 4.79 Å². The molecule has 0 saturated carbocycles. The second kappa shape index (κ2) is 4.53. The lowest BCUT2D eigenvalue weighted by atomic mass is 10.5. The molecule has 2 heteroatoms. The molecule has 0 atom stereocenters. The number of nitrogens with zero attached hydrogens (tertiary/aromatic N) is 1. The van der Waals surface area contributed by atoms with Gasteiger partial charge in [0.2, 0.25) is 0 Å². The van der Waals surface area contributed by atoms with Gasteiger partial charge in [0.1, 0.15) is 6.29 Å². The molecule has 0 saturated heterocycles. The molecule has 0 fully saturated rings. The lowest BCUT2D eigenvalue weighted by Crippen LogP contribution is -2.10. The van der Waals surface area contributed by atoms with Gasteiger partial charge in [-0.15, -0.1) is 0 Å². The Morgan fingerprint density at radius 2 is 2.38 bits per heavy atom. The normalized spacial score (nSPS) is 16.4. The summed E-state index contributed by atoms with van der Waals surface area (Å²) >= 11 is 0. The molecule has 0 aliphatic heterocycles. The molecule has 0 bridgehead atoms. The highest BCUT2D eigenvalue weighted by molar-refractivity contribution is 5.64. The number of carbonyl (C=O) groups is 1. The smallest absolute Gasteiger partial charge is 0.142 e. The zero-order valence-electron chi connectivity index (χ0n) is 7.09. The lowest BCUT2D eigenvalue weighted by molar-refractivity contribution is -0.104. The number of carbonyl (C=O) groups excluding carboxylic acids is 1. The van der Waals surface area contributed by atoms with Crippen LogP contribution in [0, 0.1) is 0 Å². The number of hydrogen-bond acceptors (Lipinski definition) is 2. The van der Waals surface area contributed by atoms with Crippen LogP contribution in [-0.4, -0.2) is 31.8 Å². The third-order valence-corrected chi connectivity index (χ3v) is 0.508. The minimum atomic E-state index is -1.53. The van der Waals surface area contributed by atoms with E-state index < -0.39 is 6.50 Å². The van der Waals surface area contributed by atoms with Crippen LogP contribution < -0.4 is 0 Å². The quantitative estimate of drug-likeness (QED) is 0.389. The predicted molar refractivity (Wildman–Crippen MR) is 33.8 cm³/mol. The van der Waals surface area contributed by atoms with Crippen LogP contribution in [0.3, 0.4) is 0 Å². The van der Waals surface area contributed by atoms with Gasteiger partial charge in [-0.25, -0.2) is 0 Å². The maximum atomic E-state index is 9.80. The summed E-state index contributed by atoms with van der Waals surface area (Å²) in [6, 6.07) is 0. The molecular weight excluding hydrogens is 102 g/mol. The van der Waals surface area contributed by atoms with Crippen molar-refractivity contribution in [3.8, 4) is 0 Å². The second-order valence-corrected chi connectivity index (χ2v) is 1.52. The first-order chi connectivity index (χ1) is 4.50. The maximum absolute atomic E-state index is 9.80. The van der Waals surface area contributed by atoms with Crippen LogP contribution in [0.25, 0.3) is 0 Å². The van der Waals surface area contributed by atoms with Gasteiger partial charge < -0.3 is 4.90 Å². The minimum Gasteiger partial charge on any atom is -0.306 e. The van der Waals surface area contributed by atoms with Crippen molar-refractivity contribution in [2.45, 2.75) is 0 Å². The summed E-state index contributed by atoms with van der Waals surface area (Å²) in [5.74, 6) is 0. The number of likely N-dealkylation sites (N-methyl/N-ethyl adjacent to an activating group) is 1. The van der Waals surface area contributed by atoms with E-state index in [1.807, 2.05) is 0 Å². The molecule has 2 nitrogen and oxygen atoms in total. The maximum Gasteiger partial charge on any atom is 0.142 e. The first kappa shape index (κ1) is 4.27. The average molecular weight is 115 g/mol. The fraction of sp³-hybridized carbons (Fsp3) is 0.500. The van der Waals surface area contributed by atoms with Crippen molar-refractivity contribution in [3.05, 3.63) is 12.2 Å². The lowest BCUT2D eigenvalue weighted by Gasteiger charge is -2.01. The van der Waals surface area contributed by atoms with Gasteiger partial charge in [-0.05, 0) is 20.2 Å². The first-order valence-corrected chi connectivity index (χ1v) is 2.31. The number of allylic oxidation sites excluding steroid dienone is 1. The van der Waals surface area contributed by atoms with E-state index in [2.05, 4.69) is 0 Å². The van der Waals surface area contributed by atoms with Crippen molar-refractivity contribution in [3.63, 3.8) is 0 Å². The van der Waals surface area contributed by atoms with Crippen LogP contribution >= 0.6 is 0 Å². The molecule has 0 aromatic carbocycles. The molecule has 0 radical (unpaired) electrons. The van der Waals surface area contributed by atoms with Crippen LogP contribution in [0.1, 0.15) is 2.74 Å². The van der Waals surface area contributed by atoms with Crippen molar-refractivity contribution in [1.82, 2.24) is 4.90 Å². The Labute approximate surface area is 52.6 Å². The van der Waals surface area contributed by atoms with E-state index in [9.17, 15) is 4.79 Å². The third kappa shape index (κ3) is 5.37.